The van der Waals surface area contributed by atoms with Crippen molar-refractivity contribution in [3.8, 4) is 0 Å². The first-order chi connectivity index (χ1) is 9.69. The van der Waals surface area contributed by atoms with Crippen molar-refractivity contribution in [3.63, 3.8) is 0 Å². The van der Waals surface area contributed by atoms with Crippen molar-refractivity contribution in [2.45, 2.75) is 6.92 Å². The van der Waals surface area contributed by atoms with E-state index in [1.165, 1.54) is 12.3 Å². The van der Waals surface area contributed by atoms with Gasteiger partial charge in [-0.25, -0.2) is 9.59 Å². The van der Waals surface area contributed by atoms with Gasteiger partial charge in [0.25, 0.3) is 0 Å². The molecule has 2 amide bonds. The number of aromatic nitrogens is 1. The van der Waals surface area contributed by atoms with Crippen molar-refractivity contribution in [1.82, 2.24) is 5.16 Å². The Kier molecular flexibility index (Phi) is 4.33. The number of ether oxygens (including phenoxy) is 1. The summed E-state index contributed by atoms with van der Waals surface area (Å²) >= 11 is 0. The molecule has 0 aliphatic carbocycles. The number of nitrogens with one attached hydrogen (secondary N) is 2. The second-order valence-corrected chi connectivity index (χ2v) is 3.75. The maximum absolute atomic E-state index is 11.6. The lowest BCUT2D eigenvalue weighted by Crippen LogP contribution is -2.19. The van der Waals surface area contributed by atoms with Gasteiger partial charge >= 0.3 is 12.0 Å². The summed E-state index contributed by atoms with van der Waals surface area (Å²) in [5, 5.41) is 8.51. The van der Waals surface area contributed by atoms with Crippen molar-refractivity contribution in [3.05, 3.63) is 42.1 Å². The minimum atomic E-state index is -0.467. The summed E-state index contributed by atoms with van der Waals surface area (Å²) in [7, 11) is 0. The van der Waals surface area contributed by atoms with Crippen LogP contribution in [0, 0.1) is 0 Å². The molecule has 0 bridgehead atoms. The van der Waals surface area contributed by atoms with Crippen LogP contribution in [0.3, 0.4) is 0 Å². The molecule has 0 unspecified atom stereocenters. The number of anilines is 2. The lowest BCUT2D eigenvalue weighted by atomic mass is 10.2. The Labute approximate surface area is 114 Å². The third-order valence-corrected chi connectivity index (χ3v) is 2.33. The summed E-state index contributed by atoms with van der Waals surface area (Å²) in [5.41, 5.74) is 0.961. The van der Waals surface area contributed by atoms with Crippen molar-refractivity contribution in [2.75, 3.05) is 17.2 Å². The van der Waals surface area contributed by atoms with Crippen LogP contribution in [-0.4, -0.2) is 23.8 Å². The summed E-state index contributed by atoms with van der Waals surface area (Å²) in [6.45, 7) is 2.06. The molecule has 0 atom stereocenters. The Bertz CT molecular complexity index is 578. The standard InChI is InChI=1S/C13H13N3O4/c1-2-19-12(17)9-3-5-10(6-4-9)15-13(18)16-11-7-8-14-20-11/h3-8H,2H2,1H3,(H2,15,16,18). The van der Waals surface area contributed by atoms with Crippen molar-refractivity contribution in [2.24, 2.45) is 0 Å². The zero-order chi connectivity index (χ0) is 14.4. The maximum atomic E-state index is 11.6. The molecule has 0 aliphatic rings. The summed E-state index contributed by atoms with van der Waals surface area (Å²) < 4.78 is 9.60. The molecule has 0 aliphatic heterocycles. The van der Waals surface area contributed by atoms with Crippen LogP contribution in [0.4, 0.5) is 16.4 Å². The van der Waals surface area contributed by atoms with Gasteiger partial charge in [0.15, 0.2) is 0 Å². The molecule has 2 N–H and O–H groups in total. The van der Waals surface area contributed by atoms with Crippen molar-refractivity contribution < 1.29 is 18.8 Å². The normalized spacial score (nSPS) is 9.85. The van der Waals surface area contributed by atoms with Crippen LogP contribution in [0.25, 0.3) is 0 Å². The monoisotopic (exact) mass is 275 g/mol. The smallest absolute Gasteiger partial charge is 0.338 e. The number of carbonyl (C=O) groups is 2. The Morgan fingerprint density at radius 2 is 1.95 bits per heavy atom. The van der Waals surface area contributed by atoms with E-state index in [1.807, 2.05) is 0 Å². The number of hydrogen-bond donors (Lipinski definition) is 2. The third kappa shape index (κ3) is 3.58. The molecule has 1 aromatic carbocycles. The van der Waals surface area contributed by atoms with Crippen molar-refractivity contribution in [1.29, 1.82) is 0 Å². The average molecular weight is 275 g/mol. The van der Waals surface area contributed by atoms with Crippen LogP contribution in [0.2, 0.25) is 0 Å². The van der Waals surface area contributed by atoms with E-state index in [2.05, 4.69) is 15.8 Å². The number of rotatable bonds is 4. The quantitative estimate of drug-likeness (QED) is 0.836. The molecule has 0 saturated carbocycles. The predicted molar refractivity (Wildman–Crippen MR) is 71.5 cm³/mol. The van der Waals surface area contributed by atoms with E-state index in [4.69, 9.17) is 9.26 Å². The second kappa shape index (κ2) is 6.37. The highest BCUT2D eigenvalue weighted by Gasteiger charge is 2.08. The molecular weight excluding hydrogens is 262 g/mol. The first-order valence-corrected chi connectivity index (χ1v) is 5.95. The summed E-state index contributed by atoms with van der Waals surface area (Å²) in [5.74, 6) is -0.157. The van der Waals surface area contributed by atoms with E-state index in [9.17, 15) is 9.59 Å². The topological polar surface area (TPSA) is 93.5 Å². The molecular formula is C13H13N3O4. The number of carbonyl (C=O) groups excluding carboxylic acids is 2. The van der Waals surface area contributed by atoms with Gasteiger partial charge in [0.1, 0.15) is 0 Å². The molecule has 2 aromatic rings. The van der Waals surface area contributed by atoms with E-state index in [0.717, 1.165) is 0 Å². The van der Waals surface area contributed by atoms with E-state index in [0.29, 0.717) is 17.9 Å². The van der Waals surface area contributed by atoms with Gasteiger partial charge in [0.05, 0.1) is 18.4 Å². The first kappa shape index (κ1) is 13.6. The van der Waals surface area contributed by atoms with Gasteiger partial charge in [-0.15, -0.1) is 0 Å². The highest BCUT2D eigenvalue weighted by Crippen LogP contribution is 2.11. The molecule has 2 rings (SSSR count). The van der Waals surface area contributed by atoms with Crippen LogP contribution in [0.1, 0.15) is 17.3 Å². The Morgan fingerprint density at radius 1 is 1.20 bits per heavy atom. The Hall–Kier alpha value is -2.83. The number of esters is 1. The fourth-order valence-corrected chi connectivity index (χ4v) is 1.46. The average Bonchev–Trinajstić information content (AvgIpc) is 2.92. The SMILES string of the molecule is CCOC(=O)c1ccc(NC(=O)Nc2ccno2)cc1. The third-order valence-electron chi connectivity index (χ3n) is 2.33. The van der Waals surface area contributed by atoms with E-state index >= 15 is 0 Å². The molecule has 1 aromatic heterocycles. The van der Waals surface area contributed by atoms with E-state index in [-0.39, 0.29) is 5.88 Å². The van der Waals surface area contributed by atoms with Crippen LogP contribution in [0.15, 0.2) is 41.1 Å². The molecule has 0 radical (unpaired) electrons. The van der Waals surface area contributed by atoms with Gasteiger partial charge < -0.3 is 14.6 Å². The molecule has 20 heavy (non-hydrogen) atoms. The molecule has 7 nitrogen and oxygen atoms in total. The van der Waals surface area contributed by atoms with Crippen LogP contribution < -0.4 is 10.6 Å². The fourth-order valence-electron chi connectivity index (χ4n) is 1.46. The summed E-state index contributed by atoms with van der Waals surface area (Å²) in [6, 6.07) is 7.40. The Balaban J connectivity index is 1.93. The number of benzene rings is 1. The fraction of sp³-hybridized carbons (Fsp3) is 0.154. The zero-order valence-corrected chi connectivity index (χ0v) is 10.8. The van der Waals surface area contributed by atoms with Crippen molar-refractivity contribution >= 4 is 23.6 Å². The number of amides is 2. The minimum Gasteiger partial charge on any atom is -0.462 e. The van der Waals surface area contributed by atoms with Gasteiger partial charge in [0.2, 0.25) is 5.88 Å². The molecule has 0 saturated heterocycles. The van der Waals surface area contributed by atoms with E-state index in [1.54, 1.807) is 31.2 Å². The van der Waals surface area contributed by atoms with Gasteiger partial charge in [-0.1, -0.05) is 5.16 Å². The van der Waals surface area contributed by atoms with Gasteiger partial charge in [-0.05, 0) is 31.2 Å². The zero-order valence-electron chi connectivity index (χ0n) is 10.8. The molecule has 7 heteroatoms. The number of nitrogens with zero attached hydrogens (tertiary/aromatic N) is 1. The Morgan fingerprint density at radius 3 is 2.55 bits per heavy atom. The summed E-state index contributed by atoms with van der Waals surface area (Å²) in [4.78, 5) is 23.0. The highest BCUT2D eigenvalue weighted by molar-refractivity contribution is 5.99. The molecule has 104 valence electrons. The van der Waals surface area contributed by atoms with Gasteiger partial charge in [-0.3, -0.25) is 5.32 Å². The highest BCUT2D eigenvalue weighted by atomic mass is 16.5. The van der Waals surface area contributed by atoms with Gasteiger partial charge in [-0.2, -0.15) is 0 Å². The number of hydrogen-bond acceptors (Lipinski definition) is 5. The first-order valence-electron chi connectivity index (χ1n) is 5.95. The summed E-state index contributed by atoms with van der Waals surface area (Å²) in [6.07, 6.45) is 1.42. The largest absolute Gasteiger partial charge is 0.462 e. The van der Waals surface area contributed by atoms with Crippen LogP contribution in [-0.2, 0) is 4.74 Å². The second-order valence-electron chi connectivity index (χ2n) is 3.75. The maximum Gasteiger partial charge on any atom is 0.338 e. The molecule has 0 fully saturated rings. The number of urea groups is 1. The molecule has 0 spiro atoms. The van der Waals surface area contributed by atoms with E-state index < -0.39 is 12.0 Å². The van der Waals surface area contributed by atoms with Gasteiger partial charge in [0, 0.05) is 11.8 Å². The minimum absolute atomic E-state index is 0.241. The molecule has 1 heterocycles. The van der Waals surface area contributed by atoms with Crippen LogP contribution >= 0.6 is 0 Å². The lowest BCUT2D eigenvalue weighted by Gasteiger charge is -2.06. The predicted octanol–water partition coefficient (Wildman–Crippen LogP) is 2.50. The van der Waals surface area contributed by atoms with Crippen LogP contribution in [0.5, 0.6) is 0 Å². The lowest BCUT2D eigenvalue weighted by molar-refractivity contribution is 0.0526.